The number of piperidine rings is 1. The van der Waals surface area contributed by atoms with Crippen LogP contribution in [0.5, 0.6) is 0 Å². The molecule has 4 rings (SSSR count). The van der Waals surface area contributed by atoms with Crippen molar-refractivity contribution in [1.29, 1.82) is 0 Å². The molecule has 2 heterocycles. The average molecular weight is 419 g/mol. The van der Waals surface area contributed by atoms with Crippen LogP contribution in [0.3, 0.4) is 0 Å². The summed E-state index contributed by atoms with van der Waals surface area (Å²) in [5.41, 5.74) is 3.66. The Morgan fingerprint density at radius 1 is 1.03 bits per heavy atom. The summed E-state index contributed by atoms with van der Waals surface area (Å²) >= 11 is 0. The zero-order valence-electron chi connectivity index (χ0n) is 18.0. The van der Waals surface area contributed by atoms with Crippen LogP contribution in [0.1, 0.15) is 25.3 Å². The van der Waals surface area contributed by atoms with Gasteiger partial charge >= 0.3 is 0 Å². The molecule has 1 amide bonds. The lowest BCUT2D eigenvalue weighted by atomic mass is 9.94. The van der Waals surface area contributed by atoms with E-state index in [9.17, 15) is 9.18 Å². The van der Waals surface area contributed by atoms with Crippen molar-refractivity contribution in [2.24, 2.45) is 5.92 Å². The lowest BCUT2D eigenvalue weighted by molar-refractivity contribution is -0.122. The Bertz CT molecular complexity index is 1030. The highest BCUT2D eigenvalue weighted by Gasteiger charge is 2.29. The summed E-state index contributed by atoms with van der Waals surface area (Å²) < 4.78 is 13.1. The van der Waals surface area contributed by atoms with Gasteiger partial charge in [0.05, 0.1) is 5.69 Å². The zero-order valence-corrected chi connectivity index (χ0v) is 18.0. The molecule has 0 radical (unpaired) electrons. The van der Waals surface area contributed by atoms with Gasteiger partial charge in [0.15, 0.2) is 5.82 Å². The largest absolute Gasteiger partial charge is 0.355 e. The SMILES string of the molecule is CCN(C(=O)C1CCN(c2ccc(-c3ccc(F)cc3)nn2)CC1)c1ccccc1C. The lowest BCUT2D eigenvalue weighted by Gasteiger charge is -2.34. The molecular weight excluding hydrogens is 391 g/mol. The van der Waals surface area contributed by atoms with Gasteiger partial charge in [0.25, 0.3) is 0 Å². The fourth-order valence-corrected chi connectivity index (χ4v) is 4.16. The van der Waals surface area contributed by atoms with E-state index in [-0.39, 0.29) is 17.6 Å². The van der Waals surface area contributed by atoms with Gasteiger partial charge in [-0.3, -0.25) is 4.79 Å². The maximum atomic E-state index is 13.2. The maximum absolute atomic E-state index is 13.2. The Balaban J connectivity index is 1.39. The summed E-state index contributed by atoms with van der Waals surface area (Å²) in [4.78, 5) is 17.3. The number of carbonyl (C=O) groups excluding carboxylic acids is 1. The molecule has 31 heavy (non-hydrogen) atoms. The van der Waals surface area contributed by atoms with Crippen molar-refractivity contribution >= 4 is 17.4 Å². The fraction of sp³-hybridized carbons (Fsp3) is 0.320. The first-order valence-corrected chi connectivity index (χ1v) is 10.8. The van der Waals surface area contributed by atoms with Crippen LogP contribution in [-0.2, 0) is 4.79 Å². The number of rotatable bonds is 5. The second kappa shape index (κ2) is 9.25. The third-order valence-electron chi connectivity index (χ3n) is 5.95. The van der Waals surface area contributed by atoms with Crippen LogP contribution in [-0.4, -0.2) is 35.7 Å². The number of anilines is 2. The molecule has 1 fully saturated rings. The Morgan fingerprint density at radius 2 is 1.74 bits per heavy atom. The Kier molecular flexibility index (Phi) is 6.26. The predicted octanol–water partition coefficient (Wildman–Crippen LogP) is 4.86. The average Bonchev–Trinajstić information content (AvgIpc) is 2.81. The Morgan fingerprint density at radius 3 is 2.35 bits per heavy atom. The number of aryl methyl sites for hydroxylation is 1. The molecule has 0 N–H and O–H groups in total. The first kappa shape index (κ1) is 21.0. The standard InChI is InChI=1S/C25H27FN4O/c1-3-30(23-7-5-4-6-18(23)2)25(31)20-14-16-29(17-15-20)24-13-12-22(27-28-24)19-8-10-21(26)11-9-19/h4-13,20H,3,14-17H2,1-2H3. The van der Waals surface area contributed by atoms with Gasteiger partial charge in [-0.2, -0.15) is 0 Å². The maximum Gasteiger partial charge on any atom is 0.230 e. The zero-order chi connectivity index (χ0) is 21.8. The number of carbonyl (C=O) groups is 1. The van der Waals surface area contributed by atoms with Crippen LogP contribution in [0.25, 0.3) is 11.3 Å². The normalized spacial score (nSPS) is 14.5. The van der Waals surface area contributed by atoms with Crippen LogP contribution in [0, 0.1) is 18.7 Å². The molecule has 1 aliphatic rings. The minimum absolute atomic E-state index is 0.0160. The minimum Gasteiger partial charge on any atom is -0.355 e. The molecule has 1 aliphatic heterocycles. The van der Waals surface area contributed by atoms with Gasteiger partial charge in [0.1, 0.15) is 5.82 Å². The van der Waals surface area contributed by atoms with Crippen molar-refractivity contribution in [2.45, 2.75) is 26.7 Å². The highest BCUT2D eigenvalue weighted by atomic mass is 19.1. The number of nitrogens with zero attached hydrogens (tertiary/aromatic N) is 4. The summed E-state index contributed by atoms with van der Waals surface area (Å²) in [5, 5.41) is 8.68. The van der Waals surface area contributed by atoms with Gasteiger partial charge in [-0.25, -0.2) is 4.39 Å². The summed E-state index contributed by atoms with van der Waals surface area (Å²) in [5.74, 6) is 0.759. The molecule has 0 aliphatic carbocycles. The van der Waals surface area contributed by atoms with E-state index in [1.165, 1.54) is 12.1 Å². The number of para-hydroxylation sites is 1. The van der Waals surface area contributed by atoms with Gasteiger partial charge in [0, 0.05) is 36.8 Å². The second-order valence-electron chi connectivity index (χ2n) is 7.91. The van der Waals surface area contributed by atoms with Gasteiger partial charge in [0.2, 0.25) is 5.91 Å². The molecule has 160 valence electrons. The molecule has 1 saturated heterocycles. The predicted molar refractivity (Wildman–Crippen MR) is 122 cm³/mol. The summed E-state index contributed by atoms with van der Waals surface area (Å²) in [6, 6.07) is 18.1. The summed E-state index contributed by atoms with van der Waals surface area (Å²) in [6.07, 6.45) is 1.59. The Labute approximate surface area is 182 Å². The van der Waals surface area contributed by atoms with Gasteiger partial charge in [-0.1, -0.05) is 18.2 Å². The van der Waals surface area contributed by atoms with Gasteiger partial charge < -0.3 is 9.80 Å². The quantitative estimate of drug-likeness (QED) is 0.594. The van der Waals surface area contributed by atoms with E-state index in [1.807, 2.05) is 55.1 Å². The first-order chi connectivity index (χ1) is 15.1. The molecule has 0 spiro atoms. The van der Waals surface area contributed by atoms with E-state index < -0.39 is 0 Å². The molecule has 0 unspecified atom stereocenters. The first-order valence-electron chi connectivity index (χ1n) is 10.8. The highest BCUT2D eigenvalue weighted by molar-refractivity contribution is 5.95. The van der Waals surface area contributed by atoms with E-state index in [1.54, 1.807) is 12.1 Å². The summed E-state index contributed by atoms with van der Waals surface area (Å²) in [7, 11) is 0. The van der Waals surface area contributed by atoms with Crippen molar-refractivity contribution in [3.8, 4) is 11.3 Å². The molecule has 0 saturated carbocycles. The molecule has 0 atom stereocenters. The second-order valence-corrected chi connectivity index (χ2v) is 7.91. The topological polar surface area (TPSA) is 49.3 Å². The number of amides is 1. The van der Waals surface area contributed by atoms with Crippen LogP contribution in [0.15, 0.2) is 60.7 Å². The van der Waals surface area contributed by atoms with E-state index in [4.69, 9.17) is 0 Å². The van der Waals surface area contributed by atoms with Crippen LogP contribution < -0.4 is 9.80 Å². The number of halogens is 1. The van der Waals surface area contributed by atoms with Crippen LogP contribution in [0.4, 0.5) is 15.9 Å². The Hall–Kier alpha value is -3.28. The number of hydrogen-bond acceptors (Lipinski definition) is 4. The monoisotopic (exact) mass is 418 g/mol. The van der Waals surface area contributed by atoms with E-state index in [0.29, 0.717) is 12.2 Å². The smallest absolute Gasteiger partial charge is 0.230 e. The summed E-state index contributed by atoms with van der Waals surface area (Å²) in [6.45, 7) is 6.28. The molecule has 0 bridgehead atoms. The van der Waals surface area contributed by atoms with Crippen molar-refractivity contribution in [1.82, 2.24) is 10.2 Å². The lowest BCUT2D eigenvalue weighted by Crippen LogP contribution is -2.43. The van der Waals surface area contributed by atoms with Crippen LogP contribution in [0.2, 0.25) is 0 Å². The van der Waals surface area contributed by atoms with Crippen molar-refractivity contribution in [2.75, 3.05) is 29.4 Å². The molecule has 6 heteroatoms. The third-order valence-corrected chi connectivity index (χ3v) is 5.95. The van der Waals surface area contributed by atoms with E-state index >= 15 is 0 Å². The third kappa shape index (κ3) is 4.58. The molecule has 3 aromatic rings. The molecular formula is C25H27FN4O. The van der Waals surface area contributed by atoms with E-state index in [0.717, 1.165) is 48.6 Å². The van der Waals surface area contributed by atoms with Crippen LogP contribution >= 0.6 is 0 Å². The van der Waals surface area contributed by atoms with Crippen molar-refractivity contribution < 1.29 is 9.18 Å². The van der Waals surface area contributed by atoms with Crippen molar-refractivity contribution in [3.63, 3.8) is 0 Å². The minimum atomic E-state index is -0.269. The van der Waals surface area contributed by atoms with Gasteiger partial charge in [-0.05, 0) is 74.7 Å². The fourth-order valence-electron chi connectivity index (χ4n) is 4.16. The molecule has 1 aromatic heterocycles. The van der Waals surface area contributed by atoms with Crippen molar-refractivity contribution in [3.05, 3.63) is 72.0 Å². The highest BCUT2D eigenvalue weighted by Crippen LogP contribution is 2.27. The molecule has 2 aromatic carbocycles. The van der Waals surface area contributed by atoms with E-state index in [2.05, 4.69) is 15.1 Å². The molecule has 5 nitrogen and oxygen atoms in total. The number of aromatic nitrogens is 2. The number of benzene rings is 2. The number of hydrogen-bond donors (Lipinski definition) is 0. The van der Waals surface area contributed by atoms with Gasteiger partial charge in [-0.15, -0.1) is 10.2 Å².